The van der Waals surface area contributed by atoms with Crippen LogP contribution in [0.1, 0.15) is 126 Å². The van der Waals surface area contributed by atoms with Crippen LogP contribution in [0.2, 0.25) is 0 Å². The molecule has 0 aromatic carbocycles. The highest BCUT2D eigenvalue weighted by Gasteiger charge is 2.78. The zero-order chi connectivity index (χ0) is 55.0. The molecule has 436 valence electrons. The predicted molar refractivity (Wildman–Crippen MR) is 266 cm³/mol. The first kappa shape index (κ1) is 59.2. The van der Waals surface area contributed by atoms with Crippen LogP contribution in [0.5, 0.6) is 0 Å². The lowest BCUT2D eigenvalue weighted by Crippen LogP contribution is -2.75. The maximum atomic E-state index is 12.8. The van der Waals surface area contributed by atoms with Gasteiger partial charge in [-0.1, -0.05) is 25.5 Å². The summed E-state index contributed by atoms with van der Waals surface area (Å²) in [4.78, 5) is 12.8. The van der Waals surface area contributed by atoms with Gasteiger partial charge in [0.15, 0.2) is 31.5 Å². The highest BCUT2D eigenvalue weighted by Crippen LogP contribution is 2.69. The van der Waals surface area contributed by atoms with Gasteiger partial charge in [-0.25, -0.2) is 0 Å². The molecule has 0 radical (unpaired) electrons. The normalized spacial score (nSPS) is 53.8. The van der Waals surface area contributed by atoms with E-state index in [2.05, 4.69) is 6.92 Å². The van der Waals surface area contributed by atoms with Crippen LogP contribution in [0.3, 0.4) is 0 Å². The molecule has 8 fully saturated rings. The van der Waals surface area contributed by atoms with E-state index in [1.54, 1.807) is 42.3 Å². The number of aliphatic hydroxyl groups excluding tert-OH is 4. The monoisotopic (exact) mass is 1090 g/mol. The van der Waals surface area contributed by atoms with Crippen LogP contribution in [0.25, 0.3) is 0 Å². The molecule has 29 unspecified atom stereocenters. The van der Waals surface area contributed by atoms with E-state index in [1.807, 2.05) is 33.8 Å². The van der Waals surface area contributed by atoms with Crippen LogP contribution in [-0.4, -0.2) is 217 Å². The van der Waals surface area contributed by atoms with E-state index in [9.17, 15) is 35.4 Å². The molecule has 0 spiro atoms. The van der Waals surface area contributed by atoms with Crippen molar-refractivity contribution in [1.29, 1.82) is 0 Å². The minimum atomic E-state index is -1.88. The number of aliphatic hydroxyl groups is 6. The zero-order valence-electron chi connectivity index (χ0n) is 46.6. The number of ketones is 1. The smallest absolute Gasteiger partial charge is 0.161 e. The third-order valence-electron chi connectivity index (χ3n) is 19.9. The van der Waals surface area contributed by atoms with Crippen LogP contribution in [0.15, 0.2) is 11.6 Å². The Morgan fingerprint density at radius 3 is 1.47 bits per heavy atom. The van der Waals surface area contributed by atoms with E-state index < -0.39 is 163 Å². The van der Waals surface area contributed by atoms with Gasteiger partial charge in [0.05, 0.1) is 85.3 Å². The van der Waals surface area contributed by atoms with E-state index in [0.717, 1.165) is 5.57 Å². The number of Topliss-reactive ketones (excluding diaryl/α,β-unsaturated/α-hetero) is 1. The van der Waals surface area contributed by atoms with Gasteiger partial charge in [0.25, 0.3) is 0 Å². The number of rotatable bonds is 15. The minimum Gasteiger partial charge on any atom is -0.392 e. The molecule has 0 aromatic heterocycles. The van der Waals surface area contributed by atoms with Gasteiger partial charge in [0.1, 0.15) is 47.5 Å². The van der Waals surface area contributed by atoms with Gasteiger partial charge < -0.3 is 97.0 Å². The van der Waals surface area contributed by atoms with Crippen LogP contribution >= 0.6 is 0 Å². The molecular weight excluding hydrogens is 997 g/mol. The molecular formula is C55H90O21. The Morgan fingerprint density at radius 1 is 0.579 bits per heavy atom. The van der Waals surface area contributed by atoms with Crippen LogP contribution < -0.4 is 0 Å². The van der Waals surface area contributed by atoms with Crippen molar-refractivity contribution in [2.75, 3.05) is 28.4 Å². The van der Waals surface area contributed by atoms with Gasteiger partial charge >= 0.3 is 0 Å². The van der Waals surface area contributed by atoms with Gasteiger partial charge in [0, 0.05) is 78.3 Å². The Labute approximate surface area is 447 Å². The number of carbonyl (C=O) groups is 1. The first-order valence-electron chi connectivity index (χ1n) is 28.0. The van der Waals surface area contributed by atoms with Crippen molar-refractivity contribution in [2.24, 2.45) is 22.7 Å². The largest absolute Gasteiger partial charge is 0.392 e. The predicted octanol–water partition coefficient (Wildman–Crippen LogP) is 2.71. The fourth-order valence-corrected chi connectivity index (χ4v) is 15.6. The topological polar surface area (TPSA) is 268 Å². The van der Waals surface area contributed by atoms with E-state index in [1.165, 1.54) is 6.92 Å². The Hall–Kier alpha value is -1.39. The molecule has 0 amide bonds. The lowest BCUT2D eigenvalue weighted by Gasteiger charge is -2.66. The van der Waals surface area contributed by atoms with Gasteiger partial charge in [-0.3, -0.25) is 4.79 Å². The van der Waals surface area contributed by atoms with Crippen molar-refractivity contribution in [2.45, 2.75) is 279 Å². The van der Waals surface area contributed by atoms with Gasteiger partial charge in [-0.05, 0) is 79.1 Å². The molecule has 21 heteroatoms. The third-order valence-corrected chi connectivity index (χ3v) is 19.9. The van der Waals surface area contributed by atoms with Crippen molar-refractivity contribution in [3.8, 4) is 0 Å². The van der Waals surface area contributed by atoms with Crippen molar-refractivity contribution >= 4 is 5.78 Å². The highest BCUT2D eigenvalue weighted by molar-refractivity contribution is 5.81. The van der Waals surface area contributed by atoms with Crippen molar-refractivity contribution in [1.82, 2.24) is 0 Å². The second kappa shape index (κ2) is 23.1. The lowest BCUT2D eigenvalue weighted by atomic mass is 9.43. The number of methoxy groups -OCH3 is 4. The molecule has 6 N–H and O–H groups in total. The molecule has 5 aliphatic heterocycles. The molecule has 9 rings (SSSR count). The van der Waals surface area contributed by atoms with Crippen molar-refractivity contribution in [3.05, 3.63) is 11.6 Å². The molecule has 4 aliphatic carbocycles. The fourth-order valence-electron chi connectivity index (χ4n) is 15.6. The summed E-state index contributed by atoms with van der Waals surface area (Å²) < 4.78 is 87.6. The average Bonchev–Trinajstić information content (AvgIpc) is 3.71. The first-order valence-corrected chi connectivity index (χ1v) is 28.0. The summed E-state index contributed by atoms with van der Waals surface area (Å²) in [5, 5.41) is 69.7. The summed E-state index contributed by atoms with van der Waals surface area (Å²) in [5.41, 5.74) is -4.46. The maximum absolute atomic E-state index is 12.8. The lowest BCUT2D eigenvalue weighted by molar-refractivity contribution is -0.351. The first-order chi connectivity index (χ1) is 35.9. The molecule has 9 aliphatic rings. The molecule has 3 saturated carbocycles. The van der Waals surface area contributed by atoms with E-state index in [-0.39, 0.29) is 43.7 Å². The second-order valence-electron chi connectivity index (χ2n) is 24.2. The van der Waals surface area contributed by atoms with Crippen molar-refractivity contribution < 1.29 is 102 Å². The molecule has 21 nitrogen and oxygen atoms in total. The Morgan fingerprint density at radius 2 is 1.01 bits per heavy atom. The molecule has 76 heavy (non-hydrogen) atoms. The van der Waals surface area contributed by atoms with E-state index in [4.69, 9.17) is 66.3 Å². The van der Waals surface area contributed by atoms with Gasteiger partial charge in [0.2, 0.25) is 0 Å². The number of carbonyl (C=O) groups excluding carboxylic acids is 1. The maximum Gasteiger partial charge on any atom is 0.161 e. The summed E-state index contributed by atoms with van der Waals surface area (Å²) >= 11 is 0. The zero-order valence-corrected chi connectivity index (χ0v) is 46.6. The molecule has 0 aromatic rings. The Bertz CT molecular complexity index is 2000. The quantitative estimate of drug-likeness (QED) is 0.129. The molecule has 5 saturated heterocycles. The third kappa shape index (κ3) is 10.6. The summed E-state index contributed by atoms with van der Waals surface area (Å²) in [5.74, 6) is -1.83. The second-order valence-corrected chi connectivity index (χ2v) is 24.2. The highest BCUT2D eigenvalue weighted by atomic mass is 16.8. The molecule has 0 bridgehead atoms. The van der Waals surface area contributed by atoms with Crippen LogP contribution in [-0.2, 0) is 71.1 Å². The van der Waals surface area contributed by atoms with E-state index in [0.29, 0.717) is 44.9 Å². The van der Waals surface area contributed by atoms with Gasteiger partial charge in [-0.15, -0.1) is 0 Å². The summed E-state index contributed by atoms with van der Waals surface area (Å²) in [6.45, 7) is 14.4. The number of hydrogen-bond acceptors (Lipinski definition) is 21. The van der Waals surface area contributed by atoms with Crippen LogP contribution in [0, 0.1) is 22.7 Å². The molecule has 5 heterocycles. The SMILES string of the molecule is COC1CC(OC2C(C)OC(OC3C(C)OC(OC4C(C)OC(OC5C(O)CC(OC6CCC7(C)C(=CCC8(O)C7CC(O)C7(C)C(C(C)=O)C(O)CC87O)C6)OC5C)CC4OC)CC3OC)CC2OC)OC(C)C1O. The fraction of sp³-hybridized carbons (Fsp3) is 0.945. The standard InChI is InChI=1S/C55H90O21/c1-25(56)46-34(58)24-55(62)53(46,8)40(59)23-39-52(7)15-14-32(17-31(52)13-16-54(39,55)61)72-41-18-33(57)48(27(3)68-41)73-43-20-36(64-10)50(28(4)69-43)75-45-22-38(66-12)51(30(6)71-45)76-44-21-37(65-11)49(29(5)70-44)74-42-19-35(63-9)47(60)26(2)67-42/h13,26-30,32-51,57-62H,14-24H2,1-12H3. The number of fused-ring (bicyclic) bond motifs is 5. The van der Waals surface area contributed by atoms with Gasteiger partial charge in [-0.2, -0.15) is 0 Å². The van der Waals surface area contributed by atoms with Crippen molar-refractivity contribution in [3.63, 3.8) is 0 Å². The number of ether oxygens (including phenoxy) is 14. The van der Waals surface area contributed by atoms with E-state index >= 15 is 0 Å². The minimum absolute atomic E-state index is 0.115. The summed E-state index contributed by atoms with van der Waals surface area (Å²) in [6, 6.07) is 0. The molecule has 29 atom stereocenters. The Balaban J connectivity index is 0.747. The summed E-state index contributed by atoms with van der Waals surface area (Å²) in [6.07, 6.45) is -8.49. The Kier molecular flexibility index (Phi) is 18.0. The average molecular weight is 1090 g/mol. The number of hydrogen-bond donors (Lipinski definition) is 6. The van der Waals surface area contributed by atoms with Crippen LogP contribution in [0.4, 0.5) is 0 Å². The summed E-state index contributed by atoms with van der Waals surface area (Å²) in [7, 11) is 6.43.